The SMILES string of the molecule is NC(=O)C1(O)CN(C(=O)c2cc(F)c(F)c(F)c2F)C1. The molecule has 1 aromatic rings. The van der Waals surface area contributed by atoms with Crippen molar-refractivity contribution in [1.82, 2.24) is 4.90 Å². The summed E-state index contributed by atoms with van der Waals surface area (Å²) in [7, 11) is 0. The maximum atomic E-state index is 13.4. The van der Waals surface area contributed by atoms with Gasteiger partial charge in [-0.25, -0.2) is 17.6 Å². The summed E-state index contributed by atoms with van der Waals surface area (Å²) >= 11 is 0. The van der Waals surface area contributed by atoms with Crippen molar-refractivity contribution in [2.45, 2.75) is 5.60 Å². The Morgan fingerprint density at radius 2 is 1.70 bits per heavy atom. The number of likely N-dealkylation sites (tertiary alicyclic amines) is 1. The first-order chi connectivity index (χ1) is 9.17. The number of hydrogen-bond acceptors (Lipinski definition) is 3. The number of aliphatic hydroxyl groups is 1. The van der Waals surface area contributed by atoms with E-state index in [1.165, 1.54) is 0 Å². The van der Waals surface area contributed by atoms with Crippen molar-refractivity contribution >= 4 is 11.8 Å². The third kappa shape index (κ3) is 1.99. The molecule has 1 aliphatic heterocycles. The molecule has 0 aromatic heterocycles. The van der Waals surface area contributed by atoms with Gasteiger partial charge in [0.2, 0.25) is 0 Å². The van der Waals surface area contributed by atoms with Crippen molar-refractivity contribution in [2.75, 3.05) is 13.1 Å². The standard InChI is InChI=1S/C11H8F4N2O3/c12-5-1-4(6(13)8(15)7(5)14)9(18)17-2-11(20,3-17)10(16)19/h1,20H,2-3H2,(H2,16,19). The van der Waals surface area contributed by atoms with Gasteiger partial charge in [-0.3, -0.25) is 9.59 Å². The molecule has 3 N–H and O–H groups in total. The number of nitrogens with two attached hydrogens (primary N) is 1. The molecule has 0 saturated carbocycles. The highest BCUT2D eigenvalue weighted by molar-refractivity contribution is 5.97. The van der Waals surface area contributed by atoms with Crippen LogP contribution in [0.4, 0.5) is 17.6 Å². The Labute approximate surface area is 109 Å². The second-order valence-electron chi connectivity index (χ2n) is 4.40. The number of β-amino-alcohol motifs (C(OH)–C–C–N with tert-alkyl or cyclic N) is 1. The zero-order chi connectivity index (χ0) is 15.2. The molecule has 0 spiro atoms. The van der Waals surface area contributed by atoms with Gasteiger partial charge < -0.3 is 15.7 Å². The van der Waals surface area contributed by atoms with Crippen molar-refractivity contribution in [3.63, 3.8) is 0 Å². The minimum Gasteiger partial charge on any atom is -0.377 e. The summed E-state index contributed by atoms with van der Waals surface area (Å²) < 4.78 is 52.1. The minimum atomic E-state index is -2.11. The summed E-state index contributed by atoms with van der Waals surface area (Å²) in [6.45, 7) is -1.08. The molecule has 5 nitrogen and oxygen atoms in total. The van der Waals surface area contributed by atoms with E-state index in [0.29, 0.717) is 0 Å². The summed E-state index contributed by atoms with van der Waals surface area (Å²) in [5.74, 6) is -9.98. The van der Waals surface area contributed by atoms with Gasteiger partial charge in [-0.2, -0.15) is 0 Å². The van der Waals surface area contributed by atoms with Crippen LogP contribution in [0.2, 0.25) is 0 Å². The first-order valence-electron chi connectivity index (χ1n) is 5.32. The molecule has 20 heavy (non-hydrogen) atoms. The van der Waals surface area contributed by atoms with Gasteiger partial charge in [0.25, 0.3) is 11.8 Å². The van der Waals surface area contributed by atoms with Gasteiger partial charge in [-0.1, -0.05) is 0 Å². The Morgan fingerprint density at radius 3 is 2.20 bits per heavy atom. The molecule has 2 rings (SSSR count). The highest BCUT2D eigenvalue weighted by Gasteiger charge is 2.49. The van der Waals surface area contributed by atoms with Crippen molar-refractivity contribution in [3.05, 3.63) is 34.9 Å². The quantitative estimate of drug-likeness (QED) is 0.454. The van der Waals surface area contributed by atoms with Crippen molar-refractivity contribution in [3.8, 4) is 0 Å². The minimum absolute atomic E-state index is 0.206. The number of benzene rings is 1. The fourth-order valence-electron chi connectivity index (χ4n) is 1.78. The normalized spacial score (nSPS) is 16.8. The van der Waals surface area contributed by atoms with Crippen LogP contribution in [0.1, 0.15) is 10.4 Å². The molecule has 0 bridgehead atoms. The number of rotatable bonds is 2. The molecule has 1 aromatic carbocycles. The molecular formula is C11H8F4N2O3. The number of halogens is 4. The topological polar surface area (TPSA) is 83.6 Å². The Kier molecular flexibility index (Phi) is 3.17. The third-order valence-corrected chi connectivity index (χ3v) is 2.98. The summed E-state index contributed by atoms with van der Waals surface area (Å²) in [5, 5.41) is 9.51. The van der Waals surface area contributed by atoms with Crippen LogP contribution in [0.15, 0.2) is 6.07 Å². The maximum absolute atomic E-state index is 13.4. The lowest BCUT2D eigenvalue weighted by atomic mass is 9.92. The fourth-order valence-corrected chi connectivity index (χ4v) is 1.78. The highest BCUT2D eigenvalue weighted by Crippen LogP contribution is 2.25. The number of carbonyl (C=O) groups excluding carboxylic acids is 2. The molecule has 1 heterocycles. The van der Waals surface area contributed by atoms with Crippen LogP contribution in [0, 0.1) is 23.3 Å². The zero-order valence-electron chi connectivity index (χ0n) is 9.79. The second kappa shape index (κ2) is 4.44. The molecule has 9 heteroatoms. The third-order valence-electron chi connectivity index (χ3n) is 2.98. The number of amides is 2. The molecule has 0 aliphatic carbocycles. The Bertz CT molecular complexity index is 614. The lowest BCUT2D eigenvalue weighted by Gasteiger charge is -2.44. The van der Waals surface area contributed by atoms with E-state index in [9.17, 15) is 32.3 Å². The monoisotopic (exact) mass is 292 g/mol. The molecular weight excluding hydrogens is 284 g/mol. The predicted molar refractivity (Wildman–Crippen MR) is 56.3 cm³/mol. The lowest BCUT2D eigenvalue weighted by Crippen LogP contribution is -2.69. The van der Waals surface area contributed by atoms with Crippen molar-refractivity contribution in [2.24, 2.45) is 5.73 Å². The molecule has 0 atom stereocenters. The smallest absolute Gasteiger partial charge is 0.257 e. The number of nitrogens with zero attached hydrogens (tertiary/aromatic N) is 1. The average molecular weight is 292 g/mol. The molecule has 0 radical (unpaired) electrons. The first kappa shape index (κ1) is 14.3. The van der Waals surface area contributed by atoms with Gasteiger partial charge in [0.05, 0.1) is 18.7 Å². The highest BCUT2D eigenvalue weighted by atomic mass is 19.2. The van der Waals surface area contributed by atoms with Gasteiger partial charge in [-0.05, 0) is 6.07 Å². The summed E-state index contributed by atoms with van der Waals surface area (Å²) in [4.78, 5) is 23.3. The van der Waals surface area contributed by atoms with Crippen LogP contribution in [-0.2, 0) is 4.79 Å². The predicted octanol–water partition coefficient (Wildman–Crippen LogP) is -0.0848. The number of primary amides is 1. The van der Waals surface area contributed by atoms with Crippen LogP contribution < -0.4 is 5.73 Å². The lowest BCUT2D eigenvalue weighted by molar-refractivity contribution is -0.151. The summed E-state index contributed by atoms with van der Waals surface area (Å²) in [5.41, 5.74) is 1.87. The van der Waals surface area contributed by atoms with Gasteiger partial charge in [0.15, 0.2) is 28.9 Å². The van der Waals surface area contributed by atoms with E-state index in [1.54, 1.807) is 0 Å². The van der Waals surface area contributed by atoms with E-state index in [0.717, 1.165) is 4.90 Å². The summed E-state index contributed by atoms with van der Waals surface area (Å²) in [6.07, 6.45) is 0. The molecule has 1 saturated heterocycles. The van der Waals surface area contributed by atoms with Crippen LogP contribution in [-0.4, -0.2) is 40.5 Å². The van der Waals surface area contributed by atoms with Crippen molar-refractivity contribution in [1.29, 1.82) is 0 Å². The van der Waals surface area contributed by atoms with E-state index in [1.807, 2.05) is 0 Å². The van der Waals surface area contributed by atoms with E-state index >= 15 is 0 Å². The van der Waals surface area contributed by atoms with Crippen LogP contribution in [0.3, 0.4) is 0 Å². The molecule has 2 amide bonds. The fraction of sp³-hybridized carbons (Fsp3) is 0.273. The average Bonchev–Trinajstić information content (AvgIpc) is 2.35. The first-order valence-corrected chi connectivity index (χ1v) is 5.32. The molecule has 1 aliphatic rings. The Balaban J connectivity index is 2.27. The number of carbonyl (C=O) groups is 2. The van der Waals surface area contributed by atoms with E-state index in [4.69, 9.17) is 5.73 Å². The second-order valence-corrected chi connectivity index (χ2v) is 4.40. The van der Waals surface area contributed by atoms with Gasteiger partial charge in [0, 0.05) is 0 Å². The Hall–Kier alpha value is -2.16. The van der Waals surface area contributed by atoms with Gasteiger partial charge in [0.1, 0.15) is 0 Å². The Morgan fingerprint density at radius 1 is 1.15 bits per heavy atom. The van der Waals surface area contributed by atoms with Crippen LogP contribution in [0.5, 0.6) is 0 Å². The van der Waals surface area contributed by atoms with Gasteiger partial charge >= 0.3 is 0 Å². The summed E-state index contributed by atoms with van der Waals surface area (Å²) in [6, 6.07) is 0.206. The van der Waals surface area contributed by atoms with E-state index < -0.39 is 59.3 Å². The van der Waals surface area contributed by atoms with Gasteiger partial charge in [-0.15, -0.1) is 0 Å². The van der Waals surface area contributed by atoms with E-state index in [-0.39, 0.29) is 6.07 Å². The zero-order valence-corrected chi connectivity index (χ0v) is 9.79. The van der Waals surface area contributed by atoms with E-state index in [2.05, 4.69) is 0 Å². The largest absolute Gasteiger partial charge is 0.377 e. The molecule has 0 unspecified atom stereocenters. The van der Waals surface area contributed by atoms with Crippen LogP contribution in [0.25, 0.3) is 0 Å². The molecule has 1 fully saturated rings. The van der Waals surface area contributed by atoms with Crippen LogP contribution >= 0.6 is 0 Å². The molecule has 108 valence electrons. The maximum Gasteiger partial charge on any atom is 0.257 e. The number of hydrogen-bond donors (Lipinski definition) is 2. The van der Waals surface area contributed by atoms with Crippen molar-refractivity contribution < 1.29 is 32.3 Å².